The number of aromatic nitrogens is 2. The van der Waals surface area contributed by atoms with Crippen LogP contribution < -0.4 is 10.6 Å². The molecule has 3 rings (SSSR count). The van der Waals surface area contributed by atoms with E-state index < -0.39 is 11.9 Å². The highest BCUT2D eigenvalue weighted by Gasteiger charge is 2.27. The molecule has 0 aliphatic heterocycles. The SMILES string of the molecule is CCC(C)C(NC(=O)c1ccc(Cl)c(Cl)c1)C(=O)Nc1nnc(-c2ccc(Cl)cc2)s1. The first-order valence-electron chi connectivity index (χ1n) is 9.44. The molecule has 31 heavy (non-hydrogen) atoms. The number of nitrogens with zero attached hydrogens (tertiary/aromatic N) is 2. The van der Waals surface area contributed by atoms with Gasteiger partial charge in [0.15, 0.2) is 0 Å². The summed E-state index contributed by atoms with van der Waals surface area (Å²) in [5.74, 6) is -0.907. The Labute approximate surface area is 198 Å². The van der Waals surface area contributed by atoms with Crippen molar-refractivity contribution in [2.75, 3.05) is 5.32 Å². The summed E-state index contributed by atoms with van der Waals surface area (Å²) in [6, 6.07) is 11.0. The van der Waals surface area contributed by atoms with Crippen molar-refractivity contribution >= 4 is 63.1 Å². The first-order valence-corrected chi connectivity index (χ1v) is 11.4. The minimum absolute atomic E-state index is 0.115. The third-order valence-corrected chi connectivity index (χ3v) is 6.59. The number of carbonyl (C=O) groups excluding carboxylic acids is 2. The van der Waals surface area contributed by atoms with Crippen molar-refractivity contribution in [1.82, 2.24) is 15.5 Å². The summed E-state index contributed by atoms with van der Waals surface area (Å²) in [7, 11) is 0. The standard InChI is InChI=1S/C21H19Cl3N4O2S/c1-3-11(2)17(25-18(29)13-6-9-15(23)16(24)10-13)19(30)26-21-28-27-20(31-21)12-4-7-14(22)8-5-12/h4-11,17H,3H2,1-2H3,(H,25,29)(H,26,28,30). The summed E-state index contributed by atoms with van der Waals surface area (Å²) >= 11 is 19.1. The second-order valence-corrected chi connectivity index (χ2v) is 9.10. The maximum atomic E-state index is 12.9. The Kier molecular flexibility index (Phi) is 7.89. The van der Waals surface area contributed by atoms with Crippen LogP contribution in [0.3, 0.4) is 0 Å². The topological polar surface area (TPSA) is 84.0 Å². The molecule has 0 saturated heterocycles. The van der Waals surface area contributed by atoms with Crippen molar-refractivity contribution in [1.29, 1.82) is 0 Å². The van der Waals surface area contributed by atoms with Crippen molar-refractivity contribution in [2.24, 2.45) is 5.92 Å². The van der Waals surface area contributed by atoms with Crippen LogP contribution in [-0.4, -0.2) is 28.1 Å². The van der Waals surface area contributed by atoms with E-state index in [1.165, 1.54) is 23.5 Å². The highest BCUT2D eigenvalue weighted by Crippen LogP contribution is 2.28. The molecule has 0 aliphatic carbocycles. The second kappa shape index (κ2) is 10.4. The van der Waals surface area contributed by atoms with Crippen molar-refractivity contribution in [3.05, 3.63) is 63.1 Å². The molecule has 2 aromatic carbocycles. The summed E-state index contributed by atoms with van der Waals surface area (Å²) in [5.41, 5.74) is 1.16. The first kappa shape index (κ1) is 23.5. The van der Waals surface area contributed by atoms with Gasteiger partial charge in [-0.3, -0.25) is 14.9 Å². The van der Waals surface area contributed by atoms with Gasteiger partial charge in [0.25, 0.3) is 5.91 Å². The fraction of sp³-hybridized carbons (Fsp3) is 0.238. The molecular weight excluding hydrogens is 479 g/mol. The van der Waals surface area contributed by atoms with Gasteiger partial charge in [0.1, 0.15) is 11.0 Å². The number of halogens is 3. The number of rotatable bonds is 7. The Morgan fingerprint density at radius 1 is 1.03 bits per heavy atom. The normalized spacial score (nSPS) is 12.8. The molecule has 1 aromatic heterocycles. The number of hydrogen-bond acceptors (Lipinski definition) is 5. The van der Waals surface area contributed by atoms with E-state index in [-0.39, 0.29) is 16.8 Å². The number of carbonyl (C=O) groups is 2. The molecule has 6 nitrogen and oxygen atoms in total. The molecule has 2 N–H and O–H groups in total. The Morgan fingerprint density at radius 3 is 2.39 bits per heavy atom. The quantitative estimate of drug-likeness (QED) is 0.422. The summed E-state index contributed by atoms with van der Waals surface area (Å²) in [5, 5.41) is 15.9. The Balaban J connectivity index is 1.73. The van der Waals surface area contributed by atoms with Crippen molar-refractivity contribution in [3.8, 4) is 10.6 Å². The zero-order chi connectivity index (χ0) is 22.5. The third-order valence-electron chi connectivity index (χ3n) is 4.71. The van der Waals surface area contributed by atoms with Gasteiger partial charge in [0.2, 0.25) is 11.0 Å². The average Bonchev–Trinajstić information content (AvgIpc) is 3.22. The average molecular weight is 498 g/mol. The van der Waals surface area contributed by atoms with Crippen LogP contribution in [0.25, 0.3) is 10.6 Å². The lowest BCUT2D eigenvalue weighted by molar-refractivity contribution is -0.119. The number of nitrogens with one attached hydrogen (secondary N) is 2. The van der Waals surface area contributed by atoms with Gasteiger partial charge in [-0.05, 0) is 36.2 Å². The van der Waals surface area contributed by atoms with Crippen LogP contribution in [-0.2, 0) is 4.79 Å². The molecule has 0 saturated carbocycles. The van der Waals surface area contributed by atoms with Gasteiger partial charge in [-0.25, -0.2) is 0 Å². The van der Waals surface area contributed by atoms with E-state index in [2.05, 4.69) is 20.8 Å². The molecule has 0 bridgehead atoms. The van der Waals surface area contributed by atoms with E-state index in [1.54, 1.807) is 18.2 Å². The molecule has 2 atom stereocenters. The monoisotopic (exact) mass is 496 g/mol. The Morgan fingerprint density at radius 2 is 1.74 bits per heavy atom. The van der Waals surface area contributed by atoms with Crippen LogP contribution in [0.5, 0.6) is 0 Å². The predicted octanol–water partition coefficient (Wildman–Crippen LogP) is 5.95. The minimum atomic E-state index is -0.769. The molecule has 2 amide bonds. The van der Waals surface area contributed by atoms with Gasteiger partial charge in [-0.2, -0.15) is 0 Å². The predicted molar refractivity (Wildman–Crippen MR) is 126 cm³/mol. The number of anilines is 1. The van der Waals surface area contributed by atoms with Crippen LogP contribution >= 0.6 is 46.1 Å². The second-order valence-electron chi connectivity index (χ2n) is 6.87. The van der Waals surface area contributed by atoms with Crippen molar-refractivity contribution in [2.45, 2.75) is 26.3 Å². The fourth-order valence-corrected chi connectivity index (χ4v) is 3.91. The van der Waals surface area contributed by atoms with Gasteiger partial charge in [0.05, 0.1) is 10.0 Å². The highest BCUT2D eigenvalue weighted by molar-refractivity contribution is 7.18. The van der Waals surface area contributed by atoms with Gasteiger partial charge >= 0.3 is 0 Å². The van der Waals surface area contributed by atoms with E-state index in [0.717, 1.165) is 5.56 Å². The molecule has 2 unspecified atom stereocenters. The number of benzene rings is 2. The van der Waals surface area contributed by atoms with Crippen LogP contribution in [0.1, 0.15) is 30.6 Å². The summed E-state index contributed by atoms with van der Waals surface area (Å²) < 4.78 is 0. The van der Waals surface area contributed by atoms with Gasteiger partial charge in [-0.15, -0.1) is 10.2 Å². The van der Waals surface area contributed by atoms with Crippen LogP contribution in [0.2, 0.25) is 15.1 Å². The van der Waals surface area contributed by atoms with Crippen molar-refractivity contribution < 1.29 is 9.59 Å². The lowest BCUT2D eigenvalue weighted by Crippen LogP contribution is -2.47. The summed E-state index contributed by atoms with van der Waals surface area (Å²) in [6.07, 6.45) is 0.686. The number of hydrogen-bond donors (Lipinski definition) is 2. The minimum Gasteiger partial charge on any atom is -0.340 e. The summed E-state index contributed by atoms with van der Waals surface area (Å²) in [6.45, 7) is 3.83. The van der Waals surface area contributed by atoms with Crippen LogP contribution in [0.15, 0.2) is 42.5 Å². The molecule has 1 heterocycles. The van der Waals surface area contributed by atoms with E-state index in [0.29, 0.717) is 32.2 Å². The van der Waals surface area contributed by atoms with E-state index in [4.69, 9.17) is 34.8 Å². The Bertz CT molecular complexity index is 1090. The maximum absolute atomic E-state index is 12.9. The molecule has 0 radical (unpaired) electrons. The van der Waals surface area contributed by atoms with Crippen LogP contribution in [0.4, 0.5) is 5.13 Å². The number of amides is 2. The third kappa shape index (κ3) is 5.95. The van der Waals surface area contributed by atoms with Gasteiger partial charge in [-0.1, -0.05) is 78.5 Å². The smallest absolute Gasteiger partial charge is 0.251 e. The van der Waals surface area contributed by atoms with E-state index in [1.807, 2.05) is 26.0 Å². The first-order chi connectivity index (χ1) is 14.8. The van der Waals surface area contributed by atoms with Crippen molar-refractivity contribution in [3.63, 3.8) is 0 Å². The lowest BCUT2D eigenvalue weighted by atomic mass is 9.98. The van der Waals surface area contributed by atoms with E-state index >= 15 is 0 Å². The molecule has 3 aromatic rings. The largest absolute Gasteiger partial charge is 0.340 e. The maximum Gasteiger partial charge on any atom is 0.251 e. The van der Waals surface area contributed by atoms with E-state index in [9.17, 15) is 9.59 Å². The zero-order valence-electron chi connectivity index (χ0n) is 16.7. The molecule has 162 valence electrons. The van der Waals surface area contributed by atoms with Gasteiger partial charge < -0.3 is 5.32 Å². The molecular formula is C21H19Cl3N4O2S. The molecule has 0 spiro atoms. The highest BCUT2D eigenvalue weighted by atomic mass is 35.5. The molecule has 0 aliphatic rings. The Hall–Kier alpha value is -2.19. The van der Waals surface area contributed by atoms with Crippen LogP contribution in [0, 0.1) is 5.92 Å². The molecule has 0 fully saturated rings. The van der Waals surface area contributed by atoms with Gasteiger partial charge in [0, 0.05) is 16.1 Å². The molecule has 10 heteroatoms. The summed E-state index contributed by atoms with van der Waals surface area (Å²) in [4.78, 5) is 25.6. The fourth-order valence-electron chi connectivity index (χ4n) is 2.73. The zero-order valence-corrected chi connectivity index (χ0v) is 19.7. The lowest BCUT2D eigenvalue weighted by Gasteiger charge is -2.23.